The van der Waals surface area contributed by atoms with Gasteiger partial charge in [0.15, 0.2) is 0 Å². The van der Waals surface area contributed by atoms with E-state index in [-0.39, 0.29) is 18.9 Å². The molecule has 3 heteroatoms. The number of rotatable bonds is 3. The largest absolute Gasteiger partial charge is 0.313 e. The molecule has 1 unspecified atom stereocenters. The molecule has 1 aliphatic rings. The molecule has 0 saturated heterocycles. The molecule has 1 fully saturated rings. The lowest BCUT2D eigenvalue weighted by molar-refractivity contribution is -0.0495. The van der Waals surface area contributed by atoms with Crippen molar-refractivity contribution in [3.05, 3.63) is 34.9 Å². The first kappa shape index (κ1) is 14.4. The van der Waals surface area contributed by atoms with Crippen molar-refractivity contribution in [2.75, 3.05) is 7.05 Å². The molecule has 0 spiro atoms. The van der Waals surface area contributed by atoms with Gasteiger partial charge in [-0.25, -0.2) is 8.78 Å². The van der Waals surface area contributed by atoms with Gasteiger partial charge in [0.1, 0.15) is 0 Å². The van der Waals surface area contributed by atoms with Crippen molar-refractivity contribution >= 4 is 0 Å². The van der Waals surface area contributed by atoms with E-state index in [1.165, 1.54) is 16.7 Å². The highest BCUT2D eigenvalue weighted by Gasteiger charge is 2.37. The molecular weight excluding hydrogens is 244 g/mol. The number of halogens is 2. The summed E-state index contributed by atoms with van der Waals surface area (Å²) < 4.78 is 26.5. The molecule has 1 aliphatic carbocycles. The normalized spacial score (nSPS) is 21.3. The zero-order valence-corrected chi connectivity index (χ0v) is 12.0. The van der Waals surface area contributed by atoms with Gasteiger partial charge in [0.25, 0.3) is 0 Å². The molecule has 0 heterocycles. The van der Waals surface area contributed by atoms with E-state index in [4.69, 9.17) is 0 Å². The predicted molar refractivity (Wildman–Crippen MR) is 74.6 cm³/mol. The van der Waals surface area contributed by atoms with Gasteiger partial charge >= 0.3 is 0 Å². The van der Waals surface area contributed by atoms with E-state index in [0.717, 1.165) is 0 Å². The highest BCUT2D eigenvalue weighted by Crippen LogP contribution is 2.41. The summed E-state index contributed by atoms with van der Waals surface area (Å²) in [6.07, 6.45) is 1.26. The first-order valence-corrected chi connectivity index (χ1v) is 7.05. The highest BCUT2D eigenvalue weighted by molar-refractivity contribution is 5.32. The van der Waals surface area contributed by atoms with Crippen LogP contribution in [0.1, 0.15) is 48.4 Å². The van der Waals surface area contributed by atoms with Crippen molar-refractivity contribution in [2.45, 2.75) is 51.5 Å². The van der Waals surface area contributed by atoms with Crippen molar-refractivity contribution in [1.29, 1.82) is 0 Å². The van der Waals surface area contributed by atoms with Gasteiger partial charge in [-0.05, 0) is 56.3 Å². The summed E-state index contributed by atoms with van der Waals surface area (Å²) >= 11 is 0. The van der Waals surface area contributed by atoms with Gasteiger partial charge in [0.05, 0.1) is 0 Å². The predicted octanol–water partition coefficient (Wildman–Crippen LogP) is 4.39. The molecule has 1 aromatic rings. The Balaban J connectivity index is 2.14. The van der Waals surface area contributed by atoms with E-state index < -0.39 is 5.92 Å². The summed E-state index contributed by atoms with van der Waals surface area (Å²) in [4.78, 5) is 0. The molecule has 0 amide bonds. The lowest BCUT2D eigenvalue weighted by Gasteiger charge is -2.34. The fourth-order valence-electron chi connectivity index (χ4n) is 3.03. The molecule has 19 heavy (non-hydrogen) atoms. The van der Waals surface area contributed by atoms with E-state index in [2.05, 4.69) is 37.4 Å². The van der Waals surface area contributed by atoms with Crippen LogP contribution in [0.2, 0.25) is 0 Å². The molecule has 1 atom stereocenters. The van der Waals surface area contributed by atoms with Crippen LogP contribution in [0, 0.1) is 19.8 Å². The third kappa shape index (κ3) is 3.33. The number of nitrogens with one attached hydrogen (secondary N) is 1. The zero-order valence-electron chi connectivity index (χ0n) is 12.0. The maximum absolute atomic E-state index is 13.2. The van der Waals surface area contributed by atoms with Crippen molar-refractivity contribution in [1.82, 2.24) is 5.32 Å². The van der Waals surface area contributed by atoms with Crippen molar-refractivity contribution < 1.29 is 8.78 Å². The third-order valence-electron chi connectivity index (χ3n) is 4.43. The van der Waals surface area contributed by atoms with E-state index >= 15 is 0 Å². The Morgan fingerprint density at radius 3 is 2.32 bits per heavy atom. The minimum absolute atomic E-state index is 0.0285. The van der Waals surface area contributed by atoms with Crippen LogP contribution in [0.15, 0.2) is 18.2 Å². The maximum atomic E-state index is 13.2. The Hall–Kier alpha value is -0.960. The number of benzene rings is 1. The van der Waals surface area contributed by atoms with Crippen LogP contribution < -0.4 is 5.32 Å². The molecule has 0 aliphatic heterocycles. The molecule has 1 nitrogen and oxygen atoms in total. The van der Waals surface area contributed by atoms with Gasteiger partial charge in [-0.3, -0.25) is 0 Å². The monoisotopic (exact) mass is 267 g/mol. The second kappa shape index (κ2) is 5.58. The minimum atomic E-state index is -2.45. The quantitative estimate of drug-likeness (QED) is 0.856. The van der Waals surface area contributed by atoms with Crippen LogP contribution in [0.5, 0.6) is 0 Å². The van der Waals surface area contributed by atoms with Gasteiger partial charge < -0.3 is 5.32 Å². The molecule has 0 bridgehead atoms. The first-order chi connectivity index (χ1) is 8.93. The fraction of sp³-hybridized carbons (Fsp3) is 0.625. The Morgan fingerprint density at radius 1 is 1.16 bits per heavy atom. The Kier molecular flexibility index (Phi) is 4.24. The van der Waals surface area contributed by atoms with Crippen LogP contribution in [-0.4, -0.2) is 13.0 Å². The van der Waals surface area contributed by atoms with Crippen LogP contribution in [0.4, 0.5) is 8.78 Å². The molecular formula is C16H23F2N. The Labute approximate surface area is 114 Å². The smallest absolute Gasteiger partial charge is 0.248 e. The Morgan fingerprint density at radius 2 is 1.79 bits per heavy atom. The minimum Gasteiger partial charge on any atom is -0.313 e. The summed E-state index contributed by atoms with van der Waals surface area (Å²) in [5.41, 5.74) is 3.76. The van der Waals surface area contributed by atoms with Crippen molar-refractivity contribution in [2.24, 2.45) is 5.92 Å². The number of hydrogen-bond acceptors (Lipinski definition) is 1. The van der Waals surface area contributed by atoms with E-state index in [1.54, 1.807) is 0 Å². The van der Waals surface area contributed by atoms with Crippen molar-refractivity contribution in [3.8, 4) is 0 Å². The van der Waals surface area contributed by atoms with Gasteiger partial charge in [0, 0.05) is 18.9 Å². The molecule has 1 saturated carbocycles. The topological polar surface area (TPSA) is 12.0 Å². The summed E-state index contributed by atoms with van der Waals surface area (Å²) in [5, 5.41) is 3.32. The summed E-state index contributed by atoms with van der Waals surface area (Å²) in [5.74, 6) is -2.13. The van der Waals surface area contributed by atoms with E-state index in [0.29, 0.717) is 18.8 Å². The molecule has 2 rings (SSSR count). The standard InChI is InChI=1S/C16H23F2N/c1-11-4-5-14(10-12(11)2)15(19-3)13-6-8-16(17,18)9-7-13/h4-5,10,13,15,19H,6-9H2,1-3H3. The lowest BCUT2D eigenvalue weighted by Crippen LogP contribution is -2.32. The van der Waals surface area contributed by atoms with E-state index in [1.807, 2.05) is 7.05 Å². The summed E-state index contributed by atoms with van der Waals surface area (Å²) in [6.45, 7) is 4.19. The van der Waals surface area contributed by atoms with Gasteiger partial charge in [-0.1, -0.05) is 18.2 Å². The van der Waals surface area contributed by atoms with Gasteiger partial charge in [-0.2, -0.15) is 0 Å². The molecule has 0 radical (unpaired) electrons. The van der Waals surface area contributed by atoms with E-state index in [9.17, 15) is 8.78 Å². The molecule has 106 valence electrons. The van der Waals surface area contributed by atoms with Gasteiger partial charge in [-0.15, -0.1) is 0 Å². The lowest BCUT2D eigenvalue weighted by atomic mass is 9.79. The van der Waals surface area contributed by atoms with Crippen molar-refractivity contribution in [3.63, 3.8) is 0 Å². The average Bonchev–Trinajstić information content (AvgIpc) is 2.36. The van der Waals surface area contributed by atoms with Crippen LogP contribution in [0.3, 0.4) is 0 Å². The molecule has 1 N–H and O–H groups in total. The van der Waals surface area contributed by atoms with Crippen LogP contribution in [0.25, 0.3) is 0 Å². The average molecular weight is 267 g/mol. The Bertz CT molecular complexity index is 432. The highest BCUT2D eigenvalue weighted by atomic mass is 19.3. The second-order valence-electron chi connectivity index (χ2n) is 5.80. The second-order valence-corrected chi connectivity index (χ2v) is 5.80. The number of alkyl halides is 2. The molecule has 0 aromatic heterocycles. The third-order valence-corrected chi connectivity index (χ3v) is 4.43. The number of aryl methyl sites for hydroxylation is 2. The number of hydrogen-bond donors (Lipinski definition) is 1. The zero-order chi connectivity index (χ0) is 14.0. The van der Waals surface area contributed by atoms with Gasteiger partial charge in [0.2, 0.25) is 5.92 Å². The van der Waals surface area contributed by atoms with Crippen LogP contribution in [-0.2, 0) is 0 Å². The SMILES string of the molecule is CNC(c1ccc(C)c(C)c1)C1CCC(F)(F)CC1. The fourth-order valence-corrected chi connectivity index (χ4v) is 3.03. The summed E-state index contributed by atoms with van der Waals surface area (Å²) in [7, 11) is 1.92. The summed E-state index contributed by atoms with van der Waals surface area (Å²) in [6, 6.07) is 6.61. The maximum Gasteiger partial charge on any atom is 0.248 e. The first-order valence-electron chi connectivity index (χ1n) is 7.05. The van der Waals surface area contributed by atoms with Crippen LogP contribution >= 0.6 is 0 Å². The molecule has 1 aromatic carbocycles.